The van der Waals surface area contributed by atoms with Gasteiger partial charge in [0.1, 0.15) is 17.7 Å². The zero-order valence-corrected chi connectivity index (χ0v) is 18.7. The zero-order valence-electron chi connectivity index (χ0n) is 17.9. The summed E-state index contributed by atoms with van der Waals surface area (Å²) in [4.78, 5) is 13.8. The lowest BCUT2D eigenvalue weighted by molar-refractivity contribution is 0.0996. The van der Waals surface area contributed by atoms with E-state index < -0.39 is 22.8 Å². The maximum Gasteiger partial charge on any atom is 0.251 e. The maximum absolute atomic E-state index is 14.3. The van der Waals surface area contributed by atoms with Crippen molar-refractivity contribution in [3.8, 4) is 5.75 Å². The number of piperidine rings is 1. The molecule has 1 amide bonds. The van der Waals surface area contributed by atoms with Gasteiger partial charge in [0.05, 0.1) is 12.1 Å². The Morgan fingerprint density at radius 3 is 2.41 bits per heavy atom. The predicted molar refractivity (Wildman–Crippen MR) is 121 cm³/mol. The highest BCUT2D eigenvalue weighted by molar-refractivity contribution is 7.80. The molecule has 0 aromatic heterocycles. The normalized spacial score (nSPS) is 21.3. The molecule has 3 aliphatic rings. The van der Waals surface area contributed by atoms with Crippen molar-refractivity contribution < 1.29 is 22.7 Å². The summed E-state index contributed by atoms with van der Waals surface area (Å²) in [6.07, 6.45) is 5.82. The number of hydrogen-bond donors (Lipinski definition) is 1. The van der Waals surface area contributed by atoms with Gasteiger partial charge in [0.2, 0.25) is 0 Å². The Kier molecular flexibility index (Phi) is 7.10. The minimum atomic E-state index is -1.76. The summed E-state index contributed by atoms with van der Waals surface area (Å²) >= 11 is -1.76. The van der Waals surface area contributed by atoms with Crippen LogP contribution in [0, 0.1) is 5.82 Å². The molecule has 0 spiro atoms. The maximum atomic E-state index is 14.3. The molecule has 1 saturated heterocycles. The molecule has 0 bridgehead atoms. The lowest BCUT2D eigenvalue weighted by Crippen LogP contribution is -2.41. The Morgan fingerprint density at radius 2 is 1.84 bits per heavy atom. The molecule has 2 aliphatic carbocycles. The van der Waals surface area contributed by atoms with Crippen LogP contribution in [-0.4, -0.2) is 39.1 Å². The standard InChI is InChI=1S/C21H23FN2O2.C3H6O2S/c22-19-12-20(17(14-8-9-14)11-18(19)21(23)25)26-16-7-4-10-24(13-16)15-5-2-1-3-6-15;4-6(5)3-1-2-3/h1-3,5-6,11-12,14,16H,4,7-10,13H2,(H2,23,25);3H,1-2H2,(H,4,5)/p-1/t16-;/m1./s1. The third kappa shape index (κ3) is 5.86. The van der Waals surface area contributed by atoms with Gasteiger partial charge in [-0.3, -0.25) is 9.00 Å². The second-order valence-corrected chi connectivity index (χ2v) is 9.82. The van der Waals surface area contributed by atoms with Crippen molar-refractivity contribution in [2.75, 3.05) is 18.0 Å². The molecular formula is C24H28FN2O4S-. The second kappa shape index (κ2) is 10.0. The number of halogens is 1. The number of amides is 1. The number of nitrogens with two attached hydrogens (primary N) is 1. The fourth-order valence-electron chi connectivity index (χ4n) is 3.92. The smallest absolute Gasteiger partial charge is 0.251 e. The van der Waals surface area contributed by atoms with Gasteiger partial charge in [-0.05, 0) is 68.2 Å². The molecule has 2 aromatic rings. The van der Waals surface area contributed by atoms with Gasteiger partial charge in [-0.2, -0.15) is 0 Å². The summed E-state index contributed by atoms with van der Waals surface area (Å²) < 4.78 is 40.0. The van der Waals surface area contributed by atoms with Crippen LogP contribution >= 0.6 is 0 Å². The molecule has 172 valence electrons. The average Bonchev–Trinajstić information content (AvgIpc) is 3.68. The van der Waals surface area contributed by atoms with Crippen LogP contribution in [0.4, 0.5) is 10.1 Å². The molecule has 1 unspecified atom stereocenters. The fourth-order valence-corrected chi connectivity index (χ4v) is 4.44. The Morgan fingerprint density at radius 1 is 1.12 bits per heavy atom. The van der Waals surface area contributed by atoms with Gasteiger partial charge < -0.3 is 19.9 Å². The highest BCUT2D eigenvalue weighted by Crippen LogP contribution is 2.45. The van der Waals surface area contributed by atoms with Crippen LogP contribution in [-0.2, 0) is 11.1 Å². The van der Waals surface area contributed by atoms with Crippen molar-refractivity contribution >= 4 is 22.7 Å². The second-order valence-electron chi connectivity index (χ2n) is 8.63. The van der Waals surface area contributed by atoms with E-state index >= 15 is 0 Å². The van der Waals surface area contributed by atoms with Gasteiger partial charge in [-0.1, -0.05) is 29.3 Å². The number of para-hydroxylation sites is 1. The molecule has 2 atom stereocenters. The number of hydrogen-bond acceptors (Lipinski definition) is 5. The molecule has 3 fully saturated rings. The van der Waals surface area contributed by atoms with Crippen molar-refractivity contribution in [2.45, 2.75) is 55.8 Å². The summed E-state index contributed by atoms with van der Waals surface area (Å²) in [7, 11) is 0. The number of benzene rings is 2. The number of carbonyl (C=O) groups excluding carboxylic acids is 1. The van der Waals surface area contributed by atoms with Gasteiger partial charge in [0.25, 0.3) is 5.91 Å². The van der Waals surface area contributed by atoms with Crippen molar-refractivity contribution in [3.05, 3.63) is 59.4 Å². The van der Waals surface area contributed by atoms with E-state index in [4.69, 9.17) is 10.5 Å². The first-order chi connectivity index (χ1) is 15.4. The molecule has 0 radical (unpaired) electrons. The monoisotopic (exact) mass is 459 g/mol. The highest BCUT2D eigenvalue weighted by Gasteiger charge is 2.31. The third-order valence-electron chi connectivity index (χ3n) is 5.97. The SMILES string of the molecule is NC(=O)c1cc(C2CC2)c(O[C@@H]2CCCN(c3ccccc3)C2)cc1F.O=S([O-])C1CC1. The van der Waals surface area contributed by atoms with E-state index in [1.807, 2.05) is 18.2 Å². The number of carbonyl (C=O) groups is 1. The molecule has 2 N–H and O–H groups in total. The molecule has 1 aliphatic heterocycles. The van der Waals surface area contributed by atoms with Gasteiger partial charge >= 0.3 is 0 Å². The van der Waals surface area contributed by atoms with E-state index in [-0.39, 0.29) is 16.9 Å². The van der Waals surface area contributed by atoms with Gasteiger partial charge in [-0.25, -0.2) is 4.39 Å². The molecule has 32 heavy (non-hydrogen) atoms. The van der Waals surface area contributed by atoms with E-state index in [0.29, 0.717) is 11.7 Å². The lowest BCUT2D eigenvalue weighted by Gasteiger charge is -2.35. The largest absolute Gasteiger partial charge is 0.772 e. The summed E-state index contributed by atoms with van der Waals surface area (Å²) in [5, 5.41) is 0.0185. The van der Waals surface area contributed by atoms with Crippen molar-refractivity contribution in [2.24, 2.45) is 5.73 Å². The van der Waals surface area contributed by atoms with E-state index in [1.54, 1.807) is 6.07 Å². The fraction of sp³-hybridized carbons (Fsp3) is 0.458. The first-order valence-electron chi connectivity index (χ1n) is 11.1. The van der Waals surface area contributed by atoms with Gasteiger partial charge in [-0.15, -0.1) is 0 Å². The molecule has 2 aromatic carbocycles. The summed E-state index contributed by atoms with van der Waals surface area (Å²) in [6, 6.07) is 13.2. The van der Waals surface area contributed by atoms with Crippen LogP contribution in [0.25, 0.3) is 0 Å². The van der Waals surface area contributed by atoms with E-state index in [0.717, 1.165) is 57.2 Å². The quantitative estimate of drug-likeness (QED) is 0.662. The first kappa shape index (κ1) is 22.7. The van der Waals surface area contributed by atoms with E-state index in [1.165, 1.54) is 11.8 Å². The number of anilines is 1. The van der Waals surface area contributed by atoms with Crippen molar-refractivity contribution in [1.29, 1.82) is 0 Å². The lowest BCUT2D eigenvalue weighted by atomic mass is 10.0. The van der Waals surface area contributed by atoms with Crippen LogP contribution in [0.2, 0.25) is 0 Å². The zero-order chi connectivity index (χ0) is 22.7. The van der Waals surface area contributed by atoms with E-state index in [9.17, 15) is 17.9 Å². The third-order valence-corrected chi connectivity index (χ3v) is 6.99. The van der Waals surface area contributed by atoms with Gasteiger partial charge in [0, 0.05) is 23.5 Å². The Balaban J connectivity index is 0.000000354. The van der Waals surface area contributed by atoms with Gasteiger partial charge in [0.15, 0.2) is 0 Å². The molecule has 8 heteroatoms. The molecular weight excluding hydrogens is 431 g/mol. The van der Waals surface area contributed by atoms with Crippen LogP contribution in [0.15, 0.2) is 42.5 Å². The van der Waals surface area contributed by atoms with Crippen LogP contribution in [0.1, 0.15) is 60.4 Å². The highest BCUT2D eigenvalue weighted by atomic mass is 32.2. The van der Waals surface area contributed by atoms with Crippen LogP contribution in [0.3, 0.4) is 0 Å². The minimum Gasteiger partial charge on any atom is -0.772 e. The number of rotatable bonds is 6. The number of primary amides is 1. The molecule has 1 heterocycles. The summed E-state index contributed by atoms with van der Waals surface area (Å²) in [6.45, 7) is 1.77. The van der Waals surface area contributed by atoms with Crippen molar-refractivity contribution in [1.82, 2.24) is 0 Å². The van der Waals surface area contributed by atoms with Crippen LogP contribution < -0.4 is 15.4 Å². The van der Waals surface area contributed by atoms with Crippen LogP contribution in [0.5, 0.6) is 5.75 Å². The Labute approximate surface area is 190 Å². The first-order valence-corrected chi connectivity index (χ1v) is 12.2. The molecule has 2 saturated carbocycles. The summed E-state index contributed by atoms with van der Waals surface area (Å²) in [5.74, 6) is -0.427. The predicted octanol–water partition coefficient (Wildman–Crippen LogP) is 3.88. The minimum absolute atomic E-state index is 0.000263. The summed E-state index contributed by atoms with van der Waals surface area (Å²) in [5.41, 5.74) is 7.34. The molecule has 5 rings (SSSR count). The molecule has 6 nitrogen and oxygen atoms in total. The number of nitrogens with zero attached hydrogens (tertiary/aromatic N) is 1. The van der Waals surface area contributed by atoms with E-state index in [2.05, 4.69) is 17.0 Å². The number of ether oxygens (including phenoxy) is 1. The Hall–Kier alpha value is -2.45. The Bertz CT molecular complexity index is 979. The average molecular weight is 460 g/mol. The van der Waals surface area contributed by atoms with Crippen molar-refractivity contribution in [3.63, 3.8) is 0 Å². The topological polar surface area (TPSA) is 95.7 Å².